The zero-order valence-corrected chi connectivity index (χ0v) is 18.7. The van der Waals surface area contributed by atoms with Crippen molar-refractivity contribution in [2.45, 2.75) is 51.4 Å². The van der Waals surface area contributed by atoms with Crippen LogP contribution in [0.3, 0.4) is 0 Å². The Balaban J connectivity index is 1.65. The van der Waals surface area contributed by atoms with Crippen molar-refractivity contribution in [3.63, 3.8) is 0 Å². The van der Waals surface area contributed by atoms with E-state index >= 15 is 0 Å². The highest BCUT2D eigenvalue weighted by Gasteiger charge is 2.24. The predicted molar refractivity (Wildman–Crippen MR) is 129 cm³/mol. The van der Waals surface area contributed by atoms with Crippen LogP contribution in [0.1, 0.15) is 54.0 Å². The van der Waals surface area contributed by atoms with Gasteiger partial charge in [-0.25, -0.2) is 0 Å². The van der Waals surface area contributed by atoms with Crippen molar-refractivity contribution in [3.8, 4) is 16.9 Å². The summed E-state index contributed by atoms with van der Waals surface area (Å²) < 4.78 is 5.92. The quantitative estimate of drug-likeness (QED) is 0.424. The van der Waals surface area contributed by atoms with Gasteiger partial charge in [0.05, 0.1) is 24.1 Å². The molecule has 166 valence electrons. The molecule has 0 amide bonds. The summed E-state index contributed by atoms with van der Waals surface area (Å²) in [5.41, 5.74) is 7.82. The molecule has 5 nitrogen and oxygen atoms in total. The third kappa shape index (κ3) is 3.34. The minimum atomic E-state index is -0.840. The predicted octanol–water partition coefficient (Wildman–Crippen LogP) is 5.98. The third-order valence-corrected chi connectivity index (χ3v) is 7.29. The highest BCUT2D eigenvalue weighted by atomic mass is 16.5. The average Bonchev–Trinajstić information content (AvgIpc) is 3.35. The van der Waals surface area contributed by atoms with Gasteiger partial charge in [0.2, 0.25) is 0 Å². The van der Waals surface area contributed by atoms with Crippen molar-refractivity contribution in [1.29, 1.82) is 0 Å². The molecule has 0 radical (unpaired) electrons. The Morgan fingerprint density at radius 1 is 1.15 bits per heavy atom. The highest BCUT2D eigenvalue weighted by molar-refractivity contribution is 6.07. The van der Waals surface area contributed by atoms with Crippen molar-refractivity contribution in [2.24, 2.45) is 0 Å². The number of nitrogens with zero attached hydrogens (tertiary/aromatic N) is 2. The summed E-state index contributed by atoms with van der Waals surface area (Å²) in [6, 6.07) is 12.4. The first-order valence-electron chi connectivity index (χ1n) is 11.8. The molecular formula is C28H26N2O3. The van der Waals surface area contributed by atoms with Crippen molar-refractivity contribution in [2.75, 3.05) is 6.61 Å². The second-order valence-corrected chi connectivity index (χ2v) is 9.31. The zero-order valence-electron chi connectivity index (χ0n) is 18.7. The van der Waals surface area contributed by atoms with E-state index in [-0.39, 0.29) is 6.42 Å². The molecule has 0 unspecified atom stereocenters. The molecule has 0 spiro atoms. The van der Waals surface area contributed by atoms with Gasteiger partial charge in [0.1, 0.15) is 5.75 Å². The number of rotatable bonds is 4. The smallest absolute Gasteiger partial charge is 0.307 e. The minimum Gasteiger partial charge on any atom is -0.493 e. The second-order valence-electron chi connectivity index (χ2n) is 9.31. The van der Waals surface area contributed by atoms with Gasteiger partial charge in [0, 0.05) is 40.6 Å². The van der Waals surface area contributed by atoms with Crippen LogP contribution in [-0.4, -0.2) is 27.7 Å². The number of hydrogen-bond acceptors (Lipinski definition) is 4. The van der Waals surface area contributed by atoms with Crippen LogP contribution in [0.5, 0.6) is 5.75 Å². The largest absolute Gasteiger partial charge is 0.493 e. The van der Waals surface area contributed by atoms with E-state index in [1.54, 1.807) is 0 Å². The van der Waals surface area contributed by atoms with Crippen LogP contribution < -0.4 is 4.74 Å². The SMILES string of the molecule is Cc1cc2nc(C3CCCC3)ccc2c(-c2ccc3c4c(ccnc24)CCO3)c1CC(=O)O. The van der Waals surface area contributed by atoms with E-state index in [1.807, 2.05) is 25.3 Å². The van der Waals surface area contributed by atoms with Gasteiger partial charge in [-0.2, -0.15) is 0 Å². The molecule has 1 N–H and O–H groups in total. The van der Waals surface area contributed by atoms with Crippen LogP contribution in [0.25, 0.3) is 32.9 Å². The number of aromatic nitrogens is 2. The van der Waals surface area contributed by atoms with E-state index in [9.17, 15) is 9.90 Å². The van der Waals surface area contributed by atoms with Gasteiger partial charge in [-0.3, -0.25) is 14.8 Å². The van der Waals surface area contributed by atoms with E-state index in [0.717, 1.165) is 61.9 Å². The number of aryl methyl sites for hydroxylation is 1. The maximum atomic E-state index is 11.8. The Labute approximate surface area is 192 Å². The molecule has 0 bridgehead atoms. The molecule has 5 heteroatoms. The Morgan fingerprint density at radius 2 is 2.00 bits per heavy atom. The first-order chi connectivity index (χ1) is 16.1. The third-order valence-electron chi connectivity index (χ3n) is 7.29. The average molecular weight is 439 g/mol. The summed E-state index contributed by atoms with van der Waals surface area (Å²) >= 11 is 0. The topological polar surface area (TPSA) is 72.3 Å². The van der Waals surface area contributed by atoms with Gasteiger partial charge in [0.15, 0.2) is 0 Å². The maximum absolute atomic E-state index is 11.8. The number of aliphatic carboxylic acids is 1. The van der Waals surface area contributed by atoms with E-state index < -0.39 is 5.97 Å². The lowest BCUT2D eigenvalue weighted by molar-refractivity contribution is -0.136. The maximum Gasteiger partial charge on any atom is 0.307 e. The van der Waals surface area contributed by atoms with Crippen LogP contribution >= 0.6 is 0 Å². The van der Waals surface area contributed by atoms with E-state index in [2.05, 4.69) is 24.3 Å². The van der Waals surface area contributed by atoms with Crippen LogP contribution in [-0.2, 0) is 17.6 Å². The van der Waals surface area contributed by atoms with Crippen molar-refractivity contribution < 1.29 is 14.6 Å². The lowest BCUT2D eigenvalue weighted by Gasteiger charge is -2.22. The molecule has 4 aromatic rings. The summed E-state index contributed by atoms with van der Waals surface area (Å²) in [4.78, 5) is 21.7. The second kappa shape index (κ2) is 7.84. The number of carboxylic acids is 1. The normalized spacial score (nSPS) is 15.8. The fraction of sp³-hybridized carbons (Fsp3) is 0.321. The number of benzene rings is 2. The lowest BCUT2D eigenvalue weighted by Crippen LogP contribution is -2.10. The fourth-order valence-electron chi connectivity index (χ4n) is 5.70. The van der Waals surface area contributed by atoms with Crippen LogP contribution in [0.4, 0.5) is 0 Å². The number of pyridine rings is 2. The first-order valence-corrected chi connectivity index (χ1v) is 11.8. The summed E-state index contributed by atoms with van der Waals surface area (Å²) in [7, 11) is 0. The number of carbonyl (C=O) groups is 1. The first kappa shape index (κ1) is 20.2. The number of carboxylic acid groups (broad SMARTS) is 1. The van der Waals surface area contributed by atoms with E-state index in [0.29, 0.717) is 12.5 Å². The molecule has 6 rings (SSSR count). The van der Waals surface area contributed by atoms with E-state index in [1.165, 1.54) is 31.2 Å². The minimum absolute atomic E-state index is 0.0408. The molecule has 2 aromatic carbocycles. The molecule has 1 aliphatic carbocycles. The summed E-state index contributed by atoms with van der Waals surface area (Å²) in [5, 5.41) is 11.7. The molecular weight excluding hydrogens is 412 g/mol. The molecule has 2 aromatic heterocycles. The summed E-state index contributed by atoms with van der Waals surface area (Å²) in [6.45, 7) is 2.66. The monoisotopic (exact) mass is 438 g/mol. The number of ether oxygens (including phenoxy) is 1. The molecule has 0 saturated heterocycles. The Kier molecular flexibility index (Phi) is 4.79. The molecule has 33 heavy (non-hydrogen) atoms. The summed E-state index contributed by atoms with van der Waals surface area (Å²) in [5.74, 6) is 0.533. The van der Waals surface area contributed by atoms with Gasteiger partial charge in [-0.15, -0.1) is 0 Å². The van der Waals surface area contributed by atoms with Crippen molar-refractivity contribution in [3.05, 3.63) is 65.0 Å². The van der Waals surface area contributed by atoms with Gasteiger partial charge in [-0.05, 0) is 72.4 Å². The molecule has 2 aliphatic rings. The summed E-state index contributed by atoms with van der Waals surface area (Å²) in [6.07, 6.45) is 7.57. The zero-order chi connectivity index (χ0) is 22.5. The molecule has 3 heterocycles. The van der Waals surface area contributed by atoms with Crippen LogP contribution in [0.2, 0.25) is 0 Å². The van der Waals surface area contributed by atoms with E-state index in [4.69, 9.17) is 14.7 Å². The molecule has 1 saturated carbocycles. The Morgan fingerprint density at radius 3 is 2.82 bits per heavy atom. The number of hydrogen-bond donors (Lipinski definition) is 1. The molecule has 1 aliphatic heterocycles. The van der Waals surface area contributed by atoms with Crippen LogP contribution in [0.15, 0.2) is 42.6 Å². The fourth-order valence-corrected chi connectivity index (χ4v) is 5.70. The van der Waals surface area contributed by atoms with Gasteiger partial charge >= 0.3 is 5.97 Å². The Bertz CT molecular complexity index is 1410. The standard InChI is InChI=1S/C28H26N2O3/c1-16-14-23-19(6-8-22(30-23)17-4-2-3-5-17)27(21(16)15-25(31)32)20-7-9-24-26-18(11-13-33-24)10-12-29-28(20)26/h6-10,12,14,17H,2-5,11,13,15H2,1H3,(H,31,32). The molecule has 1 fully saturated rings. The molecule has 0 atom stereocenters. The lowest BCUT2D eigenvalue weighted by atomic mass is 9.87. The Hall–Kier alpha value is -3.47. The van der Waals surface area contributed by atoms with Gasteiger partial charge in [-0.1, -0.05) is 18.9 Å². The van der Waals surface area contributed by atoms with Crippen molar-refractivity contribution >= 4 is 27.8 Å². The van der Waals surface area contributed by atoms with Crippen LogP contribution in [0, 0.1) is 6.92 Å². The van der Waals surface area contributed by atoms with Gasteiger partial charge in [0.25, 0.3) is 0 Å². The number of fused-ring (bicyclic) bond motifs is 1. The van der Waals surface area contributed by atoms with Crippen molar-refractivity contribution in [1.82, 2.24) is 9.97 Å². The van der Waals surface area contributed by atoms with Gasteiger partial charge < -0.3 is 9.84 Å². The highest BCUT2D eigenvalue weighted by Crippen LogP contribution is 2.43.